The van der Waals surface area contributed by atoms with E-state index < -0.39 is 0 Å². The number of carbonyl (C=O) groups excluding carboxylic acids is 2. The Morgan fingerprint density at radius 1 is 1.20 bits per heavy atom. The van der Waals surface area contributed by atoms with E-state index in [4.69, 9.17) is 11.6 Å². The summed E-state index contributed by atoms with van der Waals surface area (Å²) >= 11 is 6.04. The van der Waals surface area contributed by atoms with Gasteiger partial charge in [-0.25, -0.2) is 0 Å². The summed E-state index contributed by atoms with van der Waals surface area (Å²) in [6.07, 6.45) is 2.31. The Balaban J connectivity index is 2.17. The molecule has 3 nitrogen and oxygen atoms in total. The van der Waals surface area contributed by atoms with Gasteiger partial charge in [-0.3, -0.25) is 9.59 Å². The molecule has 1 aromatic carbocycles. The van der Waals surface area contributed by atoms with Gasteiger partial charge in [0.2, 0.25) is 0 Å². The zero-order chi connectivity index (χ0) is 14.9. The average Bonchev–Trinajstić information content (AvgIpc) is 2.31. The van der Waals surface area contributed by atoms with Crippen LogP contribution >= 0.6 is 11.6 Å². The molecule has 1 aliphatic rings. The lowest BCUT2D eigenvalue weighted by Gasteiger charge is -2.28. The highest BCUT2D eigenvalue weighted by Gasteiger charge is 2.35. The molecule has 0 aliphatic heterocycles. The molecule has 0 saturated heterocycles. The van der Waals surface area contributed by atoms with Crippen LogP contribution in [0, 0.1) is 12.3 Å². The molecule has 0 unspecified atom stereocenters. The van der Waals surface area contributed by atoms with Gasteiger partial charge in [0.1, 0.15) is 0 Å². The third kappa shape index (κ3) is 3.28. The molecule has 106 valence electrons. The first-order chi connectivity index (χ1) is 9.28. The highest BCUT2D eigenvalue weighted by Crippen LogP contribution is 2.33. The summed E-state index contributed by atoms with van der Waals surface area (Å²) < 4.78 is 0. The fourth-order valence-electron chi connectivity index (χ4n) is 2.28. The van der Waals surface area contributed by atoms with Gasteiger partial charge in [-0.05, 0) is 30.0 Å². The highest BCUT2D eigenvalue weighted by molar-refractivity contribution is 6.31. The predicted octanol–water partition coefficient (Wildman–Crippen LogP) is 3.90. The number of anilines is 1. The van der Waals surface area contributed by atoms with Crippen LogP contribution in [0.25, 0.3) is 0 Å². The van der Waals surface area contributed by atoms with Gasteiger partial charge in [-0.2, -0.15) is 0 Å². The summed E-state index contributed by atoms with van der Waals surface area (Å²) in [7, 11) is 0. The average molecular weight is 292 g/mol. The Kier molecular flexibility index (Phi) is 4.00. The predicted molar refractivity (Wildman–Crippen MR) is 80.9 cm³/mol. The molecule has 1 aliphatic carbocycles. The number of rotatable bonds is 2. The van der Waals surface area contributed by atoms with Crippen LogP contribution in [0.3, 0.4) is 0 Å². The van der Waals surface area contributed by atoms with Crippen LogP contribution in [0.15, 0.2) is 30.0 Å². The number of allylic oxidation sites excluding steroid dienone is 1. The van der Waals surface area contributed by atoms with Gasteiger partial charge in [0.15, 0.2) is 11.6 Å². The monoisotopic (exact) mass is 291 g/mol. The number of nitrogens with one attached hydrogen (secondary N) is 1. The highest BCUT2D eigenvalue weighted by atomic mass is 35.5. The van der Waals surface area contributed by atoms with E-state index >= 15 is 0 Å². The van der Waals surface area contributed by atoms with Crippen LogP contribution in [0.2, 0.25) is 5.02 Å². The molecular weight excluding hydrogens is 274 g/mol. The molecule has 1 N–H and O–H groups in total. The van der Waals surface area contributed by atoms with Gasteiger partial charge < -0.3 is 5.32 Å². The van der Waals surface area contributed by atoms with E-state index in [0.29, 0.717) is 17.9 Å². The number of hydrogen-bond donors (Lipinski definition) is 1. The summed E-state index contributed by atoms with van der Waals surface area (Å²) in [6.45, 7) is 5.79. The lowest BCUT2D eigenvalue weighted by molar-refractivity contribution is -0.127. The standard InChI is InChI=1S/C16H18ClNO2/c1-10-4-5-11(6-13(10)17)18-9-12-14(19)7-16(2,3)8-15(12)20/h4-6,9,18H,7-8H2,1-3H3. The molecule has 0 amide bonds. The van der Waals surface area contributed by atoms with E-state index in [0.717, 1.165) is 11.3 Å². The number of benzene rings is 1. The van der Waals surface area contributed by atoms with Crippen LogP contribution in [0.5, 0.6) is 0 Å². The molecule has 0 aromatic heterocycles. The molecule has 20 heavy (non-hydrogen) atoms. The summed E-state index contributed by atoms with van der Waals surface area (Å²) in [5.74, 6) is -0.200. The summed E-state index contributed by atoms with van der Waals surface area (Å²) in [6, 6.07) is 5.52. The molecule has 0 atom stereocenters. The molecule has 1 aromatic rings. The second kappa shape index (κ2) is 5.41. The van der Waals surface area contributed by atoms with Gasteiger partial charge >= 0.3 is 0 Å². The van der Waals surface area contributed by atoms with Crippen molar-refractivity contribution in [2.24, 2.45) is 5.41 Å². The van der Waals surface area contributed by atoms with Gasteiger partial charge in [-0.15, -0.1) is 0 Å². The molecule has 1 saturated carbocycles. The fourth-order valence-corrected chi connectivity index (χ4v) is 2.46. The quantitative estimate of drug-likeness (QED) is 0.664. The van der Waals surface area contributed by atoms with Crippen molar-refractivity contribution < 1.29 is 9.59 Å². The maximum absolute atomic E-state index is 12.0. The first kappa shape index (κ1) is 14.8. The van der Waals surface area contributed by atoms with Crippen LogP contribution < -0.4 is 5.32 Å². The molecule has 0 radical (unpaired) electrons. The molecule has 0 heterocycles. The van der Waals surface area contributed by atoms with Crippen molar-refractivity contribution in [3.05, 3.63) is 40.6 Å². The number of hydrogen-bond acceptors (Lipinski definition) is 3. The summed E-state index contributed by atoms with van der Waals surface area (Å²) in [5, 5.41) is 3.63. The van der Waals surface area contributed by atoms with Gasteiger partial charge in [0.25, 0.3) is 0 Å². The number of aryl methyl sites for hydroxylation is 1. The van der Waals surface area contributed by atoms with E-state index in [1.165, 1.54) is 6.20 Å². The largest absolute Gasteiger partial charge is 0.361 e. The van der Waals surface area contributed by atoms with Gasteiger partial charge in [0, 0.05) is 29.8 Å². The minimum atomic E-state index is -0.237. The van der Waals surface area contributed by atoms with Crippen molar-refractivity contribution in [1.82, 2.24) is 0 Å². The summed E-state index contributed by atoms with van der Waals surface area (Å²) in [4.78, 5) is 24.0. The number of ketones is 2. The lowest BCUT2D eigenvalue weighted by Crippen LogP contribution is -2.31. The minimum absolute atomic E-state index is 0.100. The molecule has 0 spiro atoms. The molecule has 4 heteroatoms. The van der Waals surface area contributed by atoms with E-state index in [1.807, 2.05) is 32.9 Å². The Morgan fingerprint density at radius 2 is 1.80 bits per heavy atom. The van der Waals surface area contributed by atoms with E-state index in [2.05, 4.69) is 5.32 Å². The van der Waals surface area contributed by atoms with Crippen LogP contribution in [-0.4, -0.2) is 11.6 Å². The maximum atomic E-state index is 12.0. The Labute approximate surface area is 124 Å². The molecular formula is C16H18ClNO2. The van der Waals surface area contributed by atoms with Crippen molar-refractivity contribution in [3.63, 3.8) is 0 Å². The van der Waals surface area contributed by atoms with Crippen molar-refractivity contribution in [3.8, 4) is 0 Å². The molecule has 0 bridgehead atoms. The fraction of sp³-hybridized carbons (Fsp3) is 0.375. The van der Waals surface area contributed by atoms with Crippen LogP contribution in [-0.2, 0) is 9.59 Å². The van der Waals surface area contributed by atoms with E-state index in [1.54, 1.807) is 6.07 Å². The SMILES string of the molecule is Cc1ccc(NC=C2C(=O)CC(C)(C)CC2=O)cc1Cl. The minimum Gasteiger partial charge on any atom is -0.361 e. The van der Waals surface area contributed by atoms with E-state index in [9.17, 15) is 9.59 Å². The van der Waals surface area contributed by atoms with Crippen LogP contribution in [0.1, 0.15) is 32.3 Å². The molecule has 1 fully saturated rings. The number of Topliss-reactive ketones (excluding diaryl/α,β-unsaturated/α-hetero) is 2. The van der Waals surface area contributed by atoms with Crippen molar-refractivity contribution in [2.75, 3.05) is 5.32 Å². The number of carbonyl (C=O) groups is 2. The van der Waals surface area contributed by atoms with Crippen LogP contribution in [0.4, 0.5) is 5.69 Å². The Bertz CT molecular complexity index is 580. The smallest absolute Gasteiger partial charge is 0.168 e. The topological polar surface area (TPSA) is 46.2 Å². The normalized spacial score (nSPS) is 18.1. The maximum Gasteiger partial charge on any atom is 0.168 e. The third-order valence-electron chi connectivity index (χ3n) is 3.43. The molecule has 2 rings (SSSR count). The Hall–Kier alpha value is -1.61. The van der Waals surface area contributed by atoms with E-state index in [-0.39, 0.29) is 22.6 Å². The third-order valence-corrected chi connectivity index (χ3v) is 3.84. The zero-order valence-corrected chi connectivity index (χ0v) is 12.7. The zero-order valence-electron chi connectivity index (χ0n) is 11.9. The first-order valence-electron chi connectivity index (χ1n) is 6.58. The first-order valence-corrected chi connectivity index (χ1v) is 6.95. The van der Waals surface area contributed by atoms with Gasteiger partial charge in [-0.1, -0.05) is 31.5 Å². The number of halogens is 1. The second-order valence-corrected chi connectivity index (χ2v) is 6.44. The second-order valence-electron chi connectivity index (χ2n) is 6.03. The van der Waals surface area contributed by atoms with Crippen molar-refractivity contribution in [1.29, 1.82) is 0 Å². The van der Waals surface area contributed by atoms with Crippen molar-refractivity contribution >= 4 is 28.9 Å². The summed E-state index contributed by atoms with van der Waals surface area (Å²) in [5.41, 5.74) is 1.76. The van der Waals surface area contributed by atoms with Gasteiger partial charge in [0.05, 0.1) is 5.57 Å². The lowest BCUT2D eigenvalue weighted by atomic mass is 9.74. The van der Waals surface area contributed by atoms with Crippen molar-refractivity contribution in [2.45, 2.75) is 33.6 Å². The Morgan fingerprint density at radius 3 is 2.35 bits per heavy atom.